The van der Waals surface area contributed by atoms with Gasteiger partial charge in [-0.15, -0.1) is 0 Å². The van der Waals surface area contributed by atoms with Crippen molar-refractivity contribution >= 4 is 15.9 Å². The lowest BCUT2D eigenvalue weighted by Crippen LogP contribution is -2.30. The Hall–Kier alpha value is -2.90. The molecular weight excluding hydrogens is 388 g/mol. The van der Waals surface area contributed by atoms with E-state index in [0.29, 0.717) is 24.4 Å². The van der Waals surface area contributed by atoms with Crippen LogP contribution in [0.5, 0.6) is 0 Å². The first-order chi connectivity index (χ1) is 13.9. The predicted octanol–water partition coefficient (Wildman–Crippen LogP) is 3.76. The summed E-state index contributed by atoms with van der Waals surface area (Å²) in [7, 11) is -1.86. The summed E-state index contributed by atoms with van der Waals surface area (Å²) in [4.78, 5) is 14.4. The largest absolute Gasteiger partial charge is 0.467 e. The molecule has 0 bridgehead atoms. The lowest BCUT2D eigenvalue weighted by Gasteiger charge is -2.21. The average molecular weight is 413 g/mol. The molecule has 6 nitrogen and oxygen atoms in total. The maximum absolute atomic E-state index is 12.8. The first kappa shape index (κ1) is 20.8. The van der Waals surface area contributed by atoms with E-state index in [1.807, 2.05) is 13.0 Å². The summed E-state index contributed by atoms with van der Waals surface area (Å²) in [6.45, 7) is 2.78. The second kappa shape index (κ2) is 9.07. The van der Waals surface area contributed by atoms with Gasteiger partial charge < -0.3 is 9.32 Å². The van der Waals surface area contributed by atoms with E-state index in [4.69, 9.17) is 4.42 Å². The Balaban J connectivity index is 1.70. The van der Waals surface area contributed by atoms with Crippen LogP contribution < -0.4 is 0 Å². The van der Waals surface area contributed by atoms with Gasteiger partial charge in [0, 0.05) is 25.7 Å². The van der Waals surface area contributed by atoms with Crippen molar-refractivity contribution in [2.45, 2.75) is 24.9 Å². The molecule has 1 heterocycles. The number of carbonyl (C=O) groups excluding carboxylic acids is 1. The zero-order chi connectivity index (χ0) is 20.9. The van der Waals surface area contributed by atoms with Gasteiger partial charge in [0.2, 0.25) is 10.0 Å². The molecule has 29 heavy (non-hydrogen) atoms. The molecule has 0 aliphatic rings. The third-order valence-electron chi connectivity index (χ3n) is 4.61. The van der Waals surface area contributed by atoms with E-state index in [0.717, 1.165) is 5.56 Å². The van der Waals surface area contributed by atoms with Gasteiger partial charge in [0.05, 0.1) is 17.7 Å². The Kier molecular flexibility index (Phi) is 6.51. The van der Waals surface area contributed by atoms with Crippen molar-refractivity contribution < 1.29 is 17.6 Å². The van der Waals surface area contributed by atoms with Gasteiger partial charge in [-0.05, 0) is 42.0 Å². The minimum atomic E-state index is -3.57. The average Bonchev–Trinajstić information content (AvgIpc) is 3.25. The van der Waals surface area contributed by atoms with Crippen LogP contribution in [0.2, 0.25) is 0 Å². The Morgan fingerprint density at radius 2 is 1.62 bits per heavy atom. The molecule has 0 N–H and O–H groups in total. The monoisotopic (exact) mass is 412 g/mol. The van der Waals surface area contributed by atoms with Crippen LogP contribution >= 0.6 is 0 Å². The van der Waals surface area contributed by atoms with E-state index in [-0.39, 0.29) is 17.3 Å². The molecule has 0 spiro atoms. The SMILES string of the molecule is CCN(Cc1ccc(C(=O)N(C)Cc2ccco2)cc1)S(=O)(=O)c1ccccc1. The van der Waals surface area contributed by atoms with Crippen LogP contribution in [0.15, 0.2) is 82.3 Å². The van der Waals surface area contributed by atoms with Gasteiger partial charge >= 0.3 is 0 Å². The van der Waals surface area contributed by atoms with Crippen molar-refractivity contribution in [3.8, 4) is 0 Å². The highest BCUT2D eigenvalue weighted by molar-refractivity contribution is 7.89. The molecule has 0 unspecified atom stereocenters. The van der Waals surface area contributed by atoms with Crippen LogP contribution in [0.4, 0.5) is 0 Å². The number of amides is 1. The number of carbonyl (C=O) groups is 1. The summed E-state index contributed by atoms with van der Waals surface area (Å²) in [5.41, 5.74) is 1.35. The molecule has 1 amide bonds. The van der Waals surface area contributed by atoms with E-state index in [1.54, 1.807) is 78.9 Å². The fourth-order valence-electron chi connectivity index (χ4n) is 2.99. The smallest absolute Gasteiger partial charge is 0.254 e. The summed E-state index contributed by atoms with van der Waals surface area (Å²) >= 11 is 0. The number of hydrogen-bond acceptors (Lipinski definition) is 4. The third-order valence-corrected chi connectivity index (χ3v) is 6.55. The number of nitrogens with zero attached hydrogens (tertiary/aromatic N) is 2. The van der Waals surface area contributed by atoms with Crippen molar-refractivity contribution in [3.05, 3.63) is 89.9 Å². The molecule has 7 heteroatoms. The Bertz CT molecular complexity index is 1030. The highest BCUT2D eigenvalue weighted by Crippen LogP contribution is 2.18. The van der Waals surface area contributed by atoms with Crippen LogP contribution in [-0.4, -0.2) is 37.1 Å². The van der Waals surface area contributed by atoms with Gasteiger partial charge in [-0.3, -0.25) is 4.79 Å². The van der Waals surface area contributed by atoms with E-state index in [1.165, 1.54) is 4.31 Å². The van der Waals surface area contributed by atoms with Crippen LogP contribution in [-0.2, 0) is 23.1 Å². The minimum Gasteiger partial charge on any atom is -0.467 e. The summed E-state index contributed by atoms with van der Waals surface area (Å²) in [5, 5.41) is 0. The highest BCUT2D eigenvalue weighted by Gasteiger charge is 2.23. The fourth-order valence-corrected chi connectivity index (χ4v) is 4.45. The maximum atomic E-state index is 12.8. The maximum Gasteiger partial charge on any atom is 0.254 e. The van der Waals surface area contributed by atoms with Gasteiger partial charge in [-0.1, -0.05) is 37.3 Å². The quantitative estimate of drug-likeness (QED) is 0.565. The van der Waals surface area contributed by atoms with E-state index in [2.05, 4.69) is 0 Å². The van der Waals surface area contributed by atoms with Gasteiger partial charge in [0.1, 0.15) is 5.76 Å². The topological polar surface area (TPSA) is 70.8 Å². The van der Waals surface area contributed by atoms with E-state index in [9.17, 15) is 13.2 Å². The van der Waals surface area contributed by atoms with Gasteiger partial charge in [-0.25, -0.2) is 8.42 Å². The molecule has 0 fully saturated rings. The molecule has 0 saturated carbocycles. The van der Waals surface area contributed by atoms with Crippen molar-refractivity contribution in [2.24, 2.45) is 0 Å². The molecule has 0 aliphatic carbocycles. The minimum absolute atomic E-state index is 0.128. The van der Waals surface area contributed by atoms with Crippen LogP contribution in [0.1, 0.15) is 28.6 Å². The van der Waals surface area contributed by atoms with Crippen LogP contribution in [0.3, 0.4) is 0 Å². The third kappa shape index (κ3) is 4.93. The molecule has 2 aromatic carbocycles. The number of rotatable bonds is 8. The second-order valence-corrected chi connectivity index (χ2v) is 8.62. The molecule has 3 aromatic rings. The van der Waals surface area contributed by atoms with Crippen molar-refractivity contribution in [1.82, 2.24) is 9.21 Å². The number of hydrogen-bond donors (Lipinski definition) is 0. The number of furan rings is 1. The van der Waals surface area contributed by atoms with Crippen molar-refractivity contribution in [1.29, 1.82) is 0 Å². The Morgan fingerprint density at radius 1 is 0.931 bits per heavy atom. The van der Waals surface area contributed by atoms with Crippen molar-refractivity contribution in [2.75, 3.05) is 13.6 Å². The Labute approximate surface area is 171 Å². The molecule has 3 rings (SSSR count). The first-order valence-electron chi connectivity index (χ1n) is 9.34. The summed E-state index contributed by atoms with van der Waals surface area (Å²) < 4.78 is 32.4. The second-order valence-electron chi connectivity index (χ2n) is 6.68. The summed E-state index contributed by atoms with van der Waals surface area (Å²) in [6, 6.07) is 19.0. The molecule has 0 radical (unpaired) electrons. The predicted molar refractivity (Wildman–Crippen MR) is 111 cm³/mol. The first-order valence-corrected chi connectivity index (χ1v) is 10.8. The summed E-state index contributed by atoms with van der Waals surface area (Å²) in [5.74, 6) is 0.583. The highest BCUT2D eigenvalue weighted by atomic mass is 32.2. The summed E-state index contributed by atoms with van der Waals surface area (Å²) in [6.07, 6.45) is 1.57. The number of sulfonamides is 1. The zero-order valence-electron chi connectivity index (χ0n) is 16.5. The van der Waals surface area contributed by atoms with E-state index >= 15 is 0 Å². The fraction of sp³-hybridized carbons (Fsp3) is 0.227. The Morgan fingerprint density at radius 3 is 2.21 bits per heavy atom. The van der Waals surface area contributed by atoms with Gasteiger partial charge in [-0.2, -0.15) is 4.31 Å². The molecule has 1 aromatic heterocycles. The molecule has 0 aliphatic heterocycles. The van der Waals surface area contributed by atoms with Crippen LogP contribution in [0.25, 0.3) is 0 Å². The van der Waals surface area contributed by atoms with Gasteiger partial charge in [0.25, 0.3) is 5.91 Å². The van der Waals surface area contributed by atoms with Crippen LogP contribution in [0, 0.1) is 0 Å². The van der Waals surface area contributed by atoms with E-state index < -0.39 is 10.0 Å². The standard InChI is InChI=1S/C22H24N2O4S/c1-3-24(29(26,27)21-9-5-4-6-10-21)16-18-11-13-19(14-12-18)22(25)23(2)17-20-8-7-15-28-20/h4-15H,3,16-17H2,1-2H3. The molecule has 0 saturated heterocycles. The van der Waals surface area contributed by atoms with Gasteiger partial charge in [0.15, 0.2) is 0 Å². The molecular formula is C22H24N2O4S. The lowest BCUT2D eigenvalue weighted by atomic mass is 10.1. The molecule has 152 valence electrons. The zero-order valence-corrected chi connectivity index (χ0v) is 17.3. The molecule has 0 atom stereocenters. The van der Waals surface area contributed by atoms with Crippen molar-refractivity contribution in [3.63, 3.8) is 0 Å². The lowest BCUT2D eigenvalue weighted by molar-refractivity contribution is 0.0775. The normalized spacial score (nSPS) is 11.6. The number of benzene rings is 2.